The van der Waals surface area contributed by atoms with Gasteiger partial charge in [-0.3, -0.25) is 0 Å². The second-order valence-corrected chi connectivity index (χ2v) is 4.61. The fourth-order valence-electron chi connectivity index (χ4n) is 1.74. The number of rotatable bonds is 3. The normalized spacial score (nSPS) is 10.3. The summed E-state index contributed by atoms with van der Waals surface area (Å²) in [5.41, 5.74) is 1.46. The summed E-state index contributed by atoms with van der Waals surface area (Å²) in [4.78, 5) is 0. The molecule has 2 nitrogen and oxygen atoms in total. The number of nitrogens with zero attached hydrogens (tertiary/aromatic N) is 1. The van der Waals surface area contributed by atoms with Crippen LogP contribution in [0.5, 0.6) is 11.5 Å². The van der Waals surface area contributed by atoms with Crippen molar-refractivity contribution < 1.29 is 9.13 Å². The van der Waals surface area contributed by atoms with Gasteiger partial charge in [-0.1, -0.05) is 26.0 Å². The van der Waals surface area contributed by atoms with E-state index in [4.69, 9.17) is 10.00 Å². The van der Waals surface area contributed by atoms with Crippen LogP contribution < -0.4 is 4.74 Å². The van der Waals surface area contributed by atoms with Crippen molar-refractivity contribution in [1.82, 2.24) is 0 Å². The Morgan fingerprint density at radius 3 is 2.32 bits per heavy atom. The summed E-state index contributed by atoms with van der Waals surface area (Å²) in [6.45, 7) is 4.23. The zero-order valence-electron chi connectivity index (χ0n) is 10.9. The van der Waals surface area contributed by atoms with Gasteiger partial charge in [-0.2, -0.15) is 5.26 Å². The molecule has 0 amide bonds. The van der Waals surface area contributed by atoms with Crippen LogP contribution in [0.2, 0.25) is 0 Å². The lowest BCUT2D eigenvalue weighted by atomic mass is 10.0. The minimum atomic E-state index is -0.479. The monoisotopic (exact) mass is 255 g/mol. The highest BCUT2D eigenvalue weighted by Gasteiger charge is 2.04. The van der Waals surface area contributed by atoms with Gasteiger partial charge in [0.2, 0.25) is 0 Å². The average molecular weight is 255 g/mol. The van der Waals surface area contributed by atoms with Crippen LogP contribution in [0.25, 0.3) is 0 Å². The lowest BCUT2D eigenvalue weighted by molar-refractivity contribution is 0.476. The Morgan fingerprint density at radius 2 is 1.74 bits per heavy atom. The summed E-state index contributed by atoms with van der Waals surface area (Å²) >= 11 is 0. The van der Waals surface area contributed by atoms with Crippen molar-refractivity contribution in [2.75, 3.05) is 0 Å². The third-order valence-corrected chi connectivity index (χ3v) is 2.78. The topological polar surface area (TPSA) is 33.0 Å². The second-order valence-electron chi connectivity index (χ2n) is 4.61. The number of ether oxygens (including phenoxy) is 1. The Morgan fingerprint density at radius 1 is 1.05 bits per heavy atom. The Hall–Kier alpha value is -2.34. The highest BCUT2D eigenvalue weighted by molar-refractivity contribution is 5.40. The summed E-state index contributed by atoms with van der Waals surface area (Å²) in [6.07, 6.45) is 0. The van der Waals surface area contributed by atoms with Crippen LogP contribution in [0.4, 0.5) is 4.39 Å². The average Bonchev–Trinajstić information content (AvgIpc) is 2.38. The molecule has 0 aliphatic rings. The Bertz CT molecular complexity index is 612. The van der Waals surface area contributed by atoms with E-state index in [0.717, 1.165) is 0 Å². The fourth-order valence-corrected chi connectivity index (χ4v) is 1.74. The Balaban J connectivity index is 2.21. The molecule has 0 saturated heterocycles. The summed E-state index contributed by atoms with van der Waals surface area (Å²) in [6, 6.07) is 13.5. The molecule has 0 fully saturated rings. The van der Waals surface area contributed by atoms with E-state index < -0.39 is 5.82 Å². The van der Waals surface area contributed by atoms with Crippen LogP contribution in [0.3, 0.4) is 0 Å². The molecular weight excluding hydrogens is 241 g/mol. The van der Waals surface area contributed by atoms with E-state index in [1.165, 1.54) is 23.8 Å². The quantitative estimate of drug-likeness (QED) is 0.802. The molecule has 0 aromatic heterocycles. The SMILES string of the molecule is CC(C)c1ccc(Oc2cc(F)cc(C#N)c2)cc1. The largest absolute Gasteiger partial charge is 0.457 e. The van der Waals surface area contributed by atoms with Crippen molar-refractivity contribution in [1.29, 1.82) is 5.26 Å². The maximum absolute atomic E-state index is 13.3. The van der Waals surface area contributed by atoms with Gasteiger partial charge in [0.15, 0.2) is 0 Å². The molecule has 0 aliphatic heterocycles. The summed E-state index contributed by atoms with van der Waals surface area (Å²) in [7, 11) is 0. The van der Waals surface area contributed by atoms with Crippen LogP contribution in [0.1, 0.15) is 30.9 Å². The molecule has 3 heteroatoms. The van der Waals surface area contributed by atoms with Crippen LogP contribution in [0, 0.1) is 17.1 Å². The first-order valence-corrected chi connectivity index (χ1v) is 6.07. The molecule has 0 saturated carbocycles. The molecular formula is C16H14FNO. The van der Waals surface area contributed by atoms with Crippen molar-refractivity contribution in [2.24, 2.45) is 0 Å². The van der Waals surface area contributed by atoms with Gasteiger partial charge < -0.3 is 4.74 Å². The van der Waals surface area contributed by atoms with Gasteiger partial charge in [-0.15, -0.1) is 0 Å². The zero-order chi connectivity index (χ0) is 13.8. The molecule has 0 radical (unpaired) electrons. The molecule has 0 atom stereocenters. The zero-order valence-corrected chi connectivity index (χ0v) is 10.9. The van der Waals surface area contributed by atoms with E-state index in [1.807, 2.05) is 30.3 Å². The van der Waals surface area contributed by atoms with Crippen LogP contribution in [-0.4, -0.2) is 0 Å². The van der Waals surface area contributed by atoms with Gasteiger partial charge in [0.05, 0.1) is 11.6 Å². The van der Waals surface area contributed by atoms with E-state index in [-0.39, 0.29) is 5.56 Å². The molecule has 0 heterocycles. The van der Waals surface area contributed by atoms with Gasteiger partial charge >= 0.3 is 0 Å². The van der Waals surface area contributed by atoms with Crippen LogP contribution in [0.15, 0.2) is 42.5 Å². The number of hydrogen-bond acceptors (Lipinski definition) is 2. The van der Waals surface area contributed by atoms with Crippen molar-refractivity contribution >= 4 is 0 Å². The van der Waals surface area contributed by atoms with Gasteiger partial charge in [0.1, 0.15) is 17.3 Å². The van der Waals surface area contributed by atoms with E-state index in [0.29, 0.717) is 17.4 Å². The fraction of sp³-hybridized carbons (Fsp3) is 0.188. The third kappa shape index (κ3) is 3.32. The smallest absolute Gasteiger partial charge is 0.131 e. The third-order valence-electron chi connectivity index (χ3n) is 2.78. The molecule has 0 bridgehead atoms. The summed E-state index contributed by atoms with van der Waals surface area (Å²) in [5, 5.41) is 8.78. The predicted octanol–water partition coefficient (Wildman–Crippen LogP) is 4.61. The van der Waals surface area contributed by atoms with Gasteiger partial charge in [0.25, 0.3) is 0 Å². The standard InChI is InChI=1S/C16H14FNO/c1-11(2)13-3-5-15(6-4-13)19-16-8-12(10-18)7-14(17)9-16/h3-9,11H,1-2H3. The molecule has 2 aromatic rings. The van der Waals surface area contributed by atoms with E-state index in [2.05, 4.69) is 13.8 Å². The van der Waals surface area contributed by atoms with Gasteiger partial charge in [0, 0.05) is 6.07 Å². The highest BCUT2D eigenvalue weighted by atomic mass is 19.1. The van der Waals surface area contributed by atoms with Crippen LogP contribution in [-0.2, 0) is 0 Å². The highest BCUT2D eigenvalue weighted by Crippen LogP contribution is 2.25. The first-order valence-electron chi connectivity index (χ1n) is 6.07. The molecule has 0 N–H and O–H groups in total. The van der Waals surface area contributed by atoms with Gasteiger partial charge in [-0.25, -0.2) is 4.39 Å². The number of benzene rings is 2. The summed E-state index contributed by atoms with van der Waals surface area (Å²) < 4.78 is 18.8. The molecule has 0 spiro atoms. The second kappa shape index (κ2) is 5.53. The first kappa shape index (κ1) is 13.1. The number of hydrogen-bond donors (Lipinski definition) is 0. The number of nitriles is 1. The Labute approximate surface area is 112 Å². The molecule has 19 heavy (non-hydrogen) atoms. The minimum absolute atomic E-state index is 0.244. The molecule has 0 unspecified atom stereocenters. The number of halogens is 1. The Kier molecular flexibility index (Phi) is 3.82. The molecule has 2 rings (SSSR count). The van der Waals surface area contributed by atoms with Crippen molar-refractivity contribution in [3.05, 3.63) is 59.4 Å². The molecule has 96 valence electrons. The van der Waals surface area contributed by atoms with E-state index >= 15 is 0 Å². The molecule has 2 aromatic carbocycles. The first-order chi connectivity index (χ1) is 9.08. The predicted molar refractivity (Wildman–Crippen MR) is 71.7 cm³/mol. The minimum Gasteiger partial charge on any atom is -0.457 e. The van der Waals surface area contributed by atoms with Crippen LogP contribution >= 0.6 is 0 Å². The lowest BCUT2D eigenvalue weighted by Crippen LogP contribution is -1.89. The van der Waals surface area contributed by atoms with Crippen molar-refractivity contribution in [3.8, 4) is 17.6 Å². The molecule has 0 aliphatic carbocycles. The van der Waals surface area contributed by atoms with E-state index in [9.17, 15) is 4.39 Å². The van der Waals surface area contributed by atoms with Crippen molar-refractivity contribution in [2.45, 2.75) is 19.8 Å². The van der Waals surface area contributed by atoms with E-state index in [1.54, 1.807) is 0 Å². The van der Waals surface area contributed by atoms with Gasteiger partial charge in [-0.05, 0) is 35.7 Å². The lowest BCUT2D eigenvalue weighted by Gasteiger charge is -2.09. The van der Waals surface area contributed by atoms with Crippen molar-refractivity contribution in [3.63, 3.8) is 0 Å². The summed E-state index contributed by atoms with van der Waals surface area (Å²) in [5.74, 6) is 0.925. The maximum atomic E-state index is 13.3. The maximum Gasteiger partial charge on any atom is 0.131 e.